The summed E-state index contributed by atoms with van der Waals surface area (Å²) in [5, 5.41) is 4.83. The molecular formula is C16H13NO5S. The van der Waals surface area contributed by atoms with Gasteiger partial charge in [-0.15, -0.1) is 11.3 Å². The van der Waals surface area contributed by atoms with Crippen LogP contribution >= 0.6 is 11.3 Å². The van der Waals surface area contributed by atoms with Gasteiger partial charge in [0.1, 0.15) is 5.00 Å². The number of methoxy groups -OCH3 is 1. The maximum absolute atomic E-state index is 12.0. The van der Waals surface area contributed by atoms with Crippen molar-refractivity contribution in [3.8, 4) is 11.5 Å². The van der Waals surface area contributed by atoms with Gasteiger partial charge in [0.2, 0.25) is 12.7 Å². The van der Waals surface area contributed by atoms with Crippen molar-refractivity contribution in [2.45, 2.75) is 0 Å². The first-order valence-electron chi connectivity index (χ1n) is 6.72. The van der Waals surface area contributed by atoms with E-state index in [0.717, 1.165) is 5.56 Å². The summed E-state index contributed by atoms with van der Waals surface area (Å²) < 4.78 is 15.2. The molecule has 23 heavy (non-hydrogen) atoms. The lowest BCUT2D eigenvalue weighted by molar-refractivity contribution is -0.111. The first-order valence-corrected chi connectivity index (χ1v) is 7.60. The summed E-state index contributed by atoms with van der Waals surface area (Å²) in [6, 6.07) is 7.00. The quantitative estimate of drug-likeness (QED) is 0.689. The van der Waals surface area contributed by atoms with E-state index in [0.29, 0.717) is 22.1 Å². The van der Waals surface area contributed by atoms with Gasteiger partial charge in [-0.1, -0.05) is 6.07 Å². The third kappa shape index (κ3) is 3.35. The molecule has 1 aromatic carbocycles. The highest BCUT2D eigenvalue weighted by molar-refractivity contribution is 7.14. The van der Waals surface area contributed by atoms with Crippen LogP contribution in [0.3, 0.4) is 0 Å². The highest BCUT2D eigenvalue weighted by Gasteiger charge is 2.15. The van der Waals surface area contributed by atoms with Crippen LogP contribution in [0.5, 0.6) is 11.5 Å². The van der Waals surface area contributed by atoms with Gasteiger partial charge in [0.05, 0.1) is 12.7 Å². The van der Waals surface area contributed by atoms with E-state index in [2.05, 4.69) is 10.1 Å². The Morgan fingerprint density at radius 1 is 1.26 bits per heavy atom. The van der Waals surface area contributed by atoms with Crippen LogP contribution in [0.2, 0.25) is 0 Å². The third-order valence-corrected chi connectivity index (χ3v) is 3.96. The highest BCUT2D eigenvalue weighted by Crippen LogP contribution is 2.32. The molecule has 1 aliphatic heterocycles. The standard InChI is InChI=1S/C16H13NO5S/c1-20-16(19)11-6-7-23-15(11)17-14(18)5-3-10-2-4-12-13(8-10)22-9-21-12/h2-8H,9H2,1H3,(H,17,18)/b5-3+. The first-order chi connectivity index (χ1) is 11.2. The molecule has 0 aliphatic carbocycles. The number of anilines is 1. The van der Waals surface area contributed by atoms with E-state index in [1.807, 2.05) is 6.07 Å². The number of carbonyl (C=O) groups excluding carboxylic acids is 2. The smallest absolute Gasteiger partial charge is 0.340 e. The van der Waals surface area contributed by atoms with Gasteiger partial charge in [0, 0.05) is 6.08 Å². The molecule has 0 atom stereocenters. The molecular weight excluding hydrogens is 318 g/mol. The Kier molecular flexibility index (Phi) is 4.29. The number of hydrogen-bond acceptors (Lipinski definition) is 6. The molecule has 118 valence electrons. The molecule has 1 amide bonds. The predicted molar refractivity (Wildman–Crippen MR) is 85.9 cm³/mol. The minimum absolute atomic E-state index is 0.206. The number of carbonyl (C=O) groups is 2. The Balaban J connectivity index is 1.68. The van der Waals surface area contributed by atoms with Crippen molar-refractivity contribution < 1.29 is 23.8 Å². The Labute approximate surface area is 136 Å². The van der Waals surface area contributed by atoms with E-state index in [1.165, 1.54) is 24.5 Å². The van der Waals surface area contributed by atoms with Gasteiger partial charge in [-0.3, -0.25) is 4.79 Å². The molecule has 0 saturated carbocycles. The average Bonchev–Trinajstić information content (AvgIpc) is 3.20. The van der Waals surface area contributed by atoms with Crippen molar-refractivity contribution in [1.82, 2.24) is 0 Å². The summed E-state index contributed by atoms with van der Waals surface area (Å²) in [6.45, 7) is 0.206. The van der Waals surface area contributed by atoms with Gasteiger partial charge in [0.15, 0.2) is 11.5 Å². The van der Waals surface area contributed by atoms with E-state index in [-0.39, 0.29) is 12.7 Å². The van der Waals surface area contributed by atoms with E-state index in [4.69, 9.17) is 9.47 Å². The van der Waals surface area contributed by atoms with E-state index in [1.54, 1.807) is 29.7 Å². The fourth-order valence-electron chi connectivity index (χ4n) is 2.02. The number of ether oxygens (including phenoxy) is 3. The molecule has 0 unspecified atom stereocenters. The number of benzene rings is 1. The zero-order chi connectivity index (χ0) is 16.2. The Morgan fingerprint density at radius 2 is 2.09 bits per heavy atom. The van der Waals surface area contributed by atoms with Gasteiger partial charge < -0.3 is 19.5 Å². The fourth-order valence-corrected chi connectivity index (χ4v) is 2.80. The molecule has 6 nitrogen and oxygen atoms in total. The van der Waals surface area contributed by atoms with Crippen LogP contribution in [0.25, 0.3) is 6.08 Å². The van der Waals surface area contributed by atoms with Crippen molar-refractivity contribution in [2.24, 2.45) is 0 Å². The van der Waals surface area contributed by atoms with E-state index in [9.17, 15) is 9.59 Å². The topological polar surface area (TPSA) is 73.9 Å². The summed E-state index contributed by atoms with van der Waals surface area (Å²) in [5.74, 6) is 0.517. The first kappa shape index (κ1) is 15.1. The third-order valence-electron chi connectivity index (χ3n) is 3.13. The van der Waals surface area contributed by atoms with Crippen LogP contribution in [0.15, 0.2) is 35.7 Å². The molecule has 0 saturated heterocycles. The molecule has 0 bridgehead atoms. The van der Waals surface area contributed by atoms with Gasteiger partial charge in [-0.05, 0) is 35.2 Å². The Bertz CT molecular complexity index is 781. The Hall–Kier alpha value is -2.80. The average molecular weight is 331 g/mol. The van der Waals surface area contributed by atoms with Crippen molar-refractivity contribution >= 4 is 34.3 Å². The molecule has 1 aliphatic rings. The number of thiophene rings is 1. The highest BCUT2D eigenvalue weighted by atomic mass is 32.1. The van der Waals surface area contributed by atoms with Gasteiger partial charge >= 0.3 is 5.97 Å². The summed E-state index contributed by atoms with van der Waals surface area (Å²) in [5.41, 5.74) is 1.14. The zero-order valence-corrected chi connectivity index (χ0v) is 13.0. The van der Waals surface area contributed by atoms with Crippen LogP contribution < -0.4 is 14.8 Å². The molecule has 3 rings (SSSR count). The largest absolute Gasteiger partial charge is 0.465 e. The molecule has 2 aromatic rings. The minimum Gasteiger partial charge on any atom is -0.465 e. The van der Waals surface area contributed by atoms with Gasteiger partial charge in [0.25, 0.3) is 0 Å². The maximum atomic E-state index is 12.0. The number of fused-ring (bicyclic) bond motifs is 1. The van der Waals surface area contributed by atoms with Gasteiger partial charge in [-0.2, -0.15) is 0 Å². The molecule has 7 heteroatoms. The summed E-state index contributed by atoms with van der Waals surface area (Å²) in [6.07, 6.45) is 3.04. The van der Waals surface area contributed by atoms with Crippen LogP contribution in [0.4, 0.5) is 5.00 Å². The maximum Gasteiger partial charge on any atom is 0.340 e. The van der Waals surface area contributed by atoms with Crippen molar-refractivity contribution in [3.05, 3.63) is 46.8 Å². The SMILES string of the molecule is COC(=O)c1ccsc1NC(=O)/C=C/c1ccc2c(c1)OCO2. The van der Waals surface area contributed by atoms with Crippen LogP contribution in [-0.4, -0.2) is 25.8 Å². The van der Waals surface area contributed by atoms with E-state index >= 15 is 0 Å². The Morgan fingerprint density at radius 3 is 2.91 bits per heavy atom. The lowest BCUT2D eigenvalue weighted by Crippen LogP contribution is -2.10. The van der Waals surface area contributed by atoms with Gasteiger partial charge in [-0.25, -0.2) is 4.79 Å². The van der Waals surface area contributed by atoms with Crippen molar-refractivity contribution in [2.75, 3.05) is 19.2 Å². The van der Waals surface area contributed by atoms with Crippen molar-refractivity contribution in [3.63, 3.8) is 0 Å². The molecule has 0 fully saturated rings. The predicted octanol–water partition coefficient (Wildman–Crippen LogP) is 2.92. The van der Waals surface area contributed by atoms with Crippen LogP contribution in [0, 0.1) is 0 Å². The number of nitrogens with one attached hydrogen (secondary N) is 1. The lowest BCUT2D eigenvalue weighted by Gasteiger charge is -2.02. The summed E-state index contributed by atoms with van der Waals surface area (Å²) in [4.78, 5) is 23.5. The second kappa shape index (κ2) is 6.53. The summed E-state index contributed by atoms with van der Waals surface area (Å²) >= 11 is 1.26. The monoisotopic (exact) mass is 331 g/mol. The van der Waals surface area contributed by atoms with E-state index < -0.39 is 5.97 Å². The molecule has 0 spiro atoms. The number of esters is 1. The fraction of sp³-hybridized carbons (Fsp3) is 0.125. The second-order valence-corrected chi connectivity index (χ2v) is 5.51. The lowest BCUT2D eigenvalue weighted by atomic mass is 10.2. The number of amides is 1. The van der Waals surface area contributed by atoms with Crippen LogP contribution in [0.1, 0.15) is 15.9 Å². The second-order valence-electron chi connectivity index (χ2n) is 4.59. The molecule has 2 heterocycles. The number of hydrogen-bond donors (Lipinski definition) is 1. The zero-order valence-electron chi connectivity index (χ0n) is 12.2. The summed E-state index contributed by atoms with van der Waals surface area (Å²) in [7, 11) is 1.30. The minimum atomic E-state index is -0.485. The van der Waals surface area contributed by atoms with Crippen molar-refractivity contribution in [1.29, 1.82) is 0 Å². The van der Waals surface area contributed by atoms with Crippen LogP contribution in [-0.2, 0) is 9.53 Å². The number of rotatable bonds is 4. The molecule has 0 radical (unpaired) electrons. The normalized spacial score (nSPS) is 12.4. The molecule has 1 aromatic heterocycles. The molecule has 1 N–H and O–H groups in total.